The molecule has 0 saturated heterocycles. The molecule has 9 nitrogen and oxygen atoms in total. The zero-order valence-corrected chi connectivity index (χ0v) is 15.8. The van der Waals surface area contributed by atoms with E-state index in [0.717, 1.165) is 11.4 Å². The third-order valence-electron chi connectivity index (χ3n) is 3.92. The average Bonchev–Trinajstić information content (AvgIpc) is 3.21. The van der Waals surface area contributed by atoms with Crippen molar-refractivity contribution in [3.63, 3.8) is 0 Å². The van der Waals surface area contributed by atoms with Crippen LogP contribution in [0.2, 0.25) is 0 Å². The topological polar surface area (TPSA) is 100 Å². The third kappa shape index (κ3) is 4.01. The maximum Gasteiger partial charge on any atom is 0.234 e. The van der Waals surface area contributed by atoms with E-state index in [1.807, 2.05) is 18.2 Å². The highest BCUT2D eigenvalue weighted by Crippen LogP contribution is 2.32. The lowest BCUT2D eigenvalue weighted by molar-refractivity contribution is -0.113. The van der Waals surface area contributed by atoms with Crippen molar-refractivity contribution in [3.05, 3.63) is 42.5 Å². The van der Waals surface area contributed by atoms with Crippen LogP contribution in [0.15, 0.2) is 47.6 Å². The Hall–Kier alpha value is -3.27. The number of anilines is 1. The number of hydrogen-bond acceptors (Lipinski definition) is 8. The maximum atomic E-state index is 12.2. The van der Waals surface area contributed by atoms with Gasteiger partial charge in [0.25, 0.3) is 0 Å². The van der Waals surface area contributed by atoms with Crippen molar-refractivity contribution in [3.8, 4) is 22.9 Å². The smallest absolute Gasteiger partial charge is 0.234 e. The Balaban J connectivity index is 1.41. The van der Waals surface area contributed by atoms with Gasteiger partial charge in [-0.1, -0.05) is 11.8 Å². The Labute approximate surface area is 165 Å². The van der Waals surface area contributed by atoms with Gasteiger partial charge in [-0.25, -0.2) is 0 Å². The van der Waals surface area contributed by atoms with Gasteiger partial charge in [0.15, 0.2) is 11.5 Å². The number of fused-ring (bicyclic) bond motifs is 1. The largest absolute Gasteiger partial charge is 0.497 e. The molecule has 0 bridgehead atoms. The number of benzene rings is 2. The molecular weight excluding hydrogens is 382 g/mol. The molecule has 0 aliphatic carbocycles. The Morgan fingerprint density at radius 1 is 1.18 bits per heavy atom. The quantitative estimate of drug-likeness (QED) is 0.630. The summed E-state index contributed by atoms with van der Waals surface area (Å²) in [6.45, 7) is 1.03. The summed E-state index contributed by atoms with van der Waals surface area (Å²) in [5.74, 6) is 2.07. The fraction of sp³-hybridized carbons (Fsp3) is 0.222. The van der Waals surface area contributed by atoms with Crippen molar-refractivity contribution in [2.75, 3.05) is 31.4 Å². The number of thioether (sulfide) groups is 1. The molecule has 1 aromatic heterocycles. The van der Waals surface area contributed by atoms with E-state index in [9.17, 15) is 4.79 Å². The zero-order valence-electron chi connectivity index (χ0n) is 15.0. The summed E-state index contributed by atoms with van der Waals surface area (Å²) >= 11 is 1.24. The Morgan fingerprint density at radius 3 is 2.75 bits per heavy atom. The van der Waals surface area contributed by atoms with E-state index in [1.54, 1.807) is 36.1 Å². The van der Waals surface area contributed by atoms with Crippen LogP contribution in [0.3, 0.4) is 0 Å². The van der Waals surface area contributed by atoms with Gasteiger partial charge in [0, 0.05) is 11.8 Å². The Kier molecular flexibility index (Phi) is 5.29. The standard InChI is InChI=1S/C18H17N5O4S/c1-25-14-5-2-12(3-6-14)19-17(24)11-28-18-20-21-22-23(18)13-4-7-15-16(10-13)27-9-8-26-15/h2-7,10H,8-9,11H2,1H3,(H,19,24). The van der Waals surface area contributed by atoms with Gasteiger partial charge in [-0.2, -0.15) is 4.68 Å². The Bertz CT molecular complexity index is 976. The lowest BCUT2D eigenvalue weighted by Crippen LogP contribution is -2.16. The van der Waals surface area contributed by atoms with Crippen LogP contribution in [0, 0.1) is 0 Å². The van der Waals surface area contributed by atoms with Crippen LogP contribution in [0.4, 0.5) is 5.69 Å². The van der Waals surface area contributed by atoms with E-state index in [1.165, 1.54) is 11.8 Å². The number of aromatic nitrogens is 4. The highest BCUT2D eigenvalue weighted by molar-refractivity contribution is 7.99. The summed E-state index contributed by atoms with van der Waals surface area (Å²) in [6.07, 6.45) is 0. The SMILES string of the molecule is COc1ccc(NC(=O)CSc2nnnn2-c2ccc3c(c2)OCCO3)cc1. The van der Waals surface area contributed by atoms with Gasteiger partial charge >= 0.3 is 0 Å². The van der Waals surface area contributed by atoms with Crippen LogP contribution in [-0.2, 0) is 4.79 Å². The van der Waals surface area contributed by atoms with E-state index in [0.29, 0.717) is 35.6 Å². The second kappa shape index (κ2) is 8.17. The molecule has 2 aromatic carbocycles. The van der Waals surface area contributed by atoms with Gasteiger partial charge in [-0.15, -0.1) is 5.10 Å². The summed E-state index contributed by atoms with van der Waals surface area (Å²) < 4.78 is 17.8. The first-order chi connectivity index (χ1) is 13.7. The number of carbonyl (C=O) groups excluding carboxylic acids is 1. The number of ether oxygens (including phenoxy) is 3. The molecule has 1 aliphatic rings. The van der Waals surface area contributed by atoms with Gasteiger partial charge in [-0.05, 0) is 46.8 Å². The minimum atomic E-state index is -0.160. The molecular formula is C18H17N5O4S. The van der Waals surface area contributed by atoms with E-state index < -0.39 is 0 Å². The van der Waals surface area contributed by atoms with E-state index in [-0.39, 0.29) is 11.7 Å². The van der Waals surface area contributed by atoms with E-state index in [2.05, 4.69) is 20.8 Å². The molecule has 1 N–H and O–H groups in total. The van der Waals surface area contributed by atoms with Crippen molar-refractivity contribution < 1.29 is 19.0 Å². The van der Waals surface area contributed by atoms with Crippen LogP contribution in [0.5, 0.6) is 17.2 Å². The number of tetrazole rings is 1. The molecule has 3 aromatic rings. The molecule has 0 saturated carbocycles. The van der Waals surface area contributed by atoms with Crippen molar-refractivity contribution in [2.24, 2.45) is 0 Å². The van der Waals surface area contributed by atoms with E-state index >= 15 is 0 Å². The van der Waals surface area contributed by atoms with Crippen molar-refractivity contribution >= 4 is 23.4 Å². The van der Waals surface area contributed by atoms with Crippen LogP contribution in [-0.4, -0.2) is 52.2 Å². The summed E-state index contributed by atoms with van der Waals surface area (Å²) in [5.41, 5.74) is 1.42. The van der Waals surface area contributed by atoms with Gasteiger partial charge in [0.2, 0.25) is 11.1 Å². The summed E-state index contributed by atoms with van der Waals surface area (Å²) in [5, 5.41) is 15.1. The predicted octanol–water partition coefficient (Wildman–Crippen LogP) is 2.17. The number of nitrogens with zero attached hydrogens (tertiary/aromatic N) is 4. The number of carbonyl (C=O) groups is 1. The van der Waals surface area contributed by atoms with Crippen LogP contribution >= 0.6 is 11.8 Å². The highest BCUT2D eigenvalue weighted by Gasteiger charge is 2.16. The van der Waals surface area contributed by atoms with E-state index in [4.69, 9.17) is 14.2 Å². The van der Waals surface area contributed by atoms with Crippen molar-refractivity contribution in [2.45, 2.75) is 5.16 Å². The molecule has 10 heteroatoms. The molecule has 0 unspecified atom stereocenters. The molecule has 2 heterocycles. The molecule has 0 fully saturated rings. The molecule has 0 spiro atoms. The molecule has 4 rings (SSSR count). The first-order valence-electron chi connectivity index (χ1n) is 8.48. The molecule has 28 heavy (non-hydrogen) atoms. The zero-order chi connectivity index (χ0) is 19.3. The summed E-state index contributed by atoms with van der Waals surface area (Å²) in [7, 11) is 1.59. The maximum absolute atomic E-state index is 12.2. The van der Waals surface area contributed by atoms with Gasteiger partial charge in [0.05, 0.1) is 18.6 Å². The van der Waals surface area contributed by atoms with Gasteiger partial charge in [-0.3, -0.25) is 4.79 Å². The number of amides is 1. The second-order valence-electron chi connectivity index (χ2n) is 5.77. The van der Waals surface area contributed by atoms with Crippen LogP contribution < -0.4 is 19.5 Å². The lowest BCUT2D eigenvalue weighted by Gasteiger charge is -2.18. The fourth-order valence-corrected chi connectivity index (χ4v) is 3.29. The molecule has 1 amide bonds. The number of rotatable bonds is 6. The average molecular weight is 399 g/mol. The number of nitrogens with one attached hydrogen (secondary N) is 1. The first kappa shape index (κ1) is 18.1. The van der Waals surface area contributed by atoms with Crippen molar-refractivity contribution in [1.29, 1.82) is 0 Å². The molecule has 0 atom stereocenters. The molecule has 0 radical (unpaired) electrons. The predicted molar refractivity (Wildman–Crippen MR) is 102 cm³/mol. The highest BCUT2D eigenvalue weighted by atomic mass is 32.2. The molecule has 144 valence electrons. The Morgan fingerprint density at radius 2 is 1.96 bits per heavy atom. The van der Waals surface area contributed by atoms with Crippen molar-refractivity contribution in [1.82, 2.24) is 20.2 Å². The normalized spacial score (nSPS) is 12.5. The van der Waals surface area contributed by atoms with Crippen LogP contribution in [0.25, 0.3) is 5.69 Å². The molecule has 1 aliphatic heterocycles. The first-order valence-corrected chi connectivity index (χ1v) is 9.46. The van der Waals surface area contributed by atoms with Crippen LogP contribution in [0.1, 0.15) is 0 Å². The van der Waals surface area contributed by atoms with Gasteiger partial charge < -0.3 is 19.5 Å². The minimum absolute atomic E-state index is 0.160. The summed E-state index contributed by atoms with van der Waals surface area (Å²) in [6, 6.07) is 12.6. The minimum Gasteiger partial charge on any atom is -0.497 e. The van der Waals surface area contributed by atoms with Gasteiger partial charge in [0.1, 0.15) is 19.0 Å². The second-order valence-corrected chi connectivity index (χ2v) is 6.71. The monoisotopic (exact) mass is 399 g/mol. The fourth-order valence-electron chi connectivity index (χ4n) is 2.60. The number of hydrogen-bond donors (Lipinski definition) is 1. The lowest BCUT2D eigenvalue weighted by atomic mass is 10.2. The third-order valence-corrected chi connectivity index (χ3v) is 4.84. The number of methoxy groups -OCH3 is 1. The summed E-state index contributed by atoms with van der Waals surface area (Å²) in [4.78, 5) is 12.2.